The molecule has 3 heteroatoms. The van der Waals surface area contributed by atoms with Crippen molar-refractivity contribution in [3.05, 3.63) is 22.4 Å². The molecule has 1 saturated carbocycles. The van der Waals surface area contributed by atoms with Crippen LogP contribution in [0.2, 0.25) is 0 Å². The summed E-state index contributed by atoms with van der Waals surface area (Å²) in [6.45, 7) is 8.52. The molecule has 0 spiro atoms. The summed E-state index contributed by atoms with van der Waals surface area (Å²) in [5, 5.41) is 5.91. The highest BCUT2D eigenvalue weighted by molar-refractivity contribution is 7.10. The van der Waals surface area contributed by atoms with E-state index in [1.54, 1.807) is 4.88 Å². The van der Waals surface area contributed by atoms with Gasteiger partial charge in [-0.3, -0.25) is 4.90 Å². The minimum Gasteiger partial charge on any atom is -0.313 e. The van der Waals surface area contributed by atoms with Gasteiger partial charge in [-0.15, -0.1) is 11.3 Å². The molecule has 1 aromatic rings. The maximum atomic E-state index is 3.68. The van der Waals surface area contributed by atoms with Crippen LogP contribution in [0.5, 0.6) is 0 Å². The molecule has 0 amide bonds. The molecule has 2 unspecified atom stereocenters. The van der Waals surface area contributed by atoms with E-state index in [0.717, 1.165) is 12.0 Å². The van der Waals surface area contributed by atoms with E-state index in [9.17, 15) is 0 Å². The van der Waals surface area contributed by atoms with Crippen LogP contribution in [0.4, 0.5) is 0 Å². The van der Waals surface area contributed by atoms with Crippen LogP contribution in [0.1, 0.15) is 50.4 Å². The van der Waals surface area contributed by atoms with Crippen LogP contribution < -0.4 is 5.32 Å². The zero-order valence-corrected chi connectivity index (χ0v) is 13.7. The minimum atomic E-state index is 0.609. The van der Waals surface area contributed by atoms with Crippen molar-refractivity contribution in [3.8, 4) is 0 Å². The second kappa shape index (κ2) is 6.59. The van der Waals surface area contributed by atoms with Crippen LogP contribution in [-0.4, -0.2) is 30.6 Å². The van der Waals surface area contributed by atoms with Gasteiger partial charge in [0, 0.05) is 30.1 Å². The summed E-state index contributed by atoms with van der Waals surface area (Å²) in [5.41, 5.74) is 0. The smallest absolute Gasteiger partial charge is 0.0465 e. The lowest BCUT2D eigenvalue weighted by molar-refractivity contribution is 0.138. The van der Waals surface area contributed by atoms with Gasteiger partial charge in [-0.2, -0.15) is 0 Å². The Hall–Kier alpha value is -0.380. The van der Waals surface area contributed by atoms with Crippen molar-refractivity contribution in [3.63, 3.8) is 0 Å². The third-order valence-electron chi connectivity index (χ3n) is 4.67. The lowest BCUT2D eigenvalue weighted by Gasteiger charge is -2.36. The van der Waals surface area contributed by atoms with Crippen molar-refractivity contribution in [2.45, 2.75) is 51.6 Å². The van der Waals surface area contributed by atoms with Crippen molar-refractivity contribution < 1.29 is 0 Å². The van der Waals surface area contributed by atoms with Crippen LogP contribution in [-0.2, 0) is 0 Å². The van der Waals surface area contributed by atoms with E-state index in [1.165, 1.54) is 45.3 Å². The van der Waals surface area contributed by atoms with Gasteiger partial charge in [0.2, 0.25) is 0 Å². The largest absolute Gasteiger partial charge is 0.313 e. The summed E-state index contributed by atoms with van der Waals surface area (Å²) >= 11 is 1.93. The molecule has 20 heavy (non-hydrogen) atoms. The van der Waals surface area contributed by atoms with Gasteiger partial charge in [-0.1, -0.05) is 19.9 Å². The highest BCUT2D eigenvalue weighted by Crippen LogP contribution is 2.37. The fourth-order valence-corrected chi connectivity index (χ4v) is 4.55. The van der Waals surface area contributed by atoms with Gasteiger partial charge < -0.3 is 5.32 Å². The Bertz CT molecular complexity index is 391. The molecule has 1 N–H and O–H groups in total. The van der Waals surface area contributed by atoms with Gasteiger partial charge in [0.15, 0.2) is 0 Å². The van der Waals surface area contributed by atoms with E-state index in [1.807, 2.05) is 11.3 Å². The average Bonchev–Trinajstić information content (AvgIpc) is 2.90. The second-order valence-corrected chi connectivity index (χ2v) is 7.87. The second-order valence-electron chi connectivity index (χ2n) is 6.89. The van der Waals surface area contributed by atoms with Gasteiger partial charge in [-0.25, -0.2) is 0 Å². The third-order valence-corrected chi connectivity index (χ3v) is 5.61. The number of nitrogens with one attached hydrogen (secondary N) is 1. The number of hydrogen-bond acceptors (Lipinski definition) is 3. The van der Waals surface area contributed by atoms with E-state index < -0.39 is 0 Å². The molecule has 2 fully saturated rings. The monoisotopic (exact) mass is 292 g/mol. The van der Waals surface area contributed by atoms with Crippen LogP contribution in [0.15, 0.2) is 17.5 Å². The summed E-state index contributed by atoms with van der Waals surface area (Å²) in [6, 6.07) is 5.86. The first kappa shape index (κ1) is 14.6. The van der Waals surface area contributed by atoms with Crippen molar-refractivity contribution in [2.75, 3.05) is 19.6 Å². The van der Waals surface area contributed by atoms with Gasteiger partial charge >= 0.3 is 0 Å². The Kier molecular flexibility index (Phi) is 4.79. The molecule has 1 aliphatic heterocycles. The average molecular weight is 292 g/mol. The predicted molar refractivity (Wildman–Crippen MR) is 87.2 cm³/mol. The molecule has 1 saturated heterocycles. The van der Waals surface area contributed by atoms with Gasteiger partial charge in [0.1, 0.15) is 0 Å². The van der Waals surface area contributed by atoms with Gasteiger partial charge in [0.25, 0.3) is 0 Å². The Morgan fingerprint density at radius 2 is 2.15 bits per heavy atom. The topological polar surface area (TPSA) is 15.3 Å². The molecule has 3 rings (SSSR count). The zero-order valence-electron chi connectivity index (χ0n) is 12.8. The fraction of sp³-hybridized carbons (Fsp3) is 0.765. The van der Waals surface area contributed by atoms with E-state index in [0.29, 0.717) is 12.0 Å². The van der Waals surface area contributed by atoms with Crippen molar-refractivity contribution in [1.82, 2.24) is 10.2 Å². The normalized spacial score (nSPS) is 24.7. The van der Waals surface area contributed by atoms with Crippen molar-refractivity contribution in [2.24, 2.45) is 11.8 Å². The Balaban J connectivity index is 1.73. The number of nitrogens with zero attached hydrogens (tertiary/aromatic N) is 1. The highest BCUT2D eigenvalue weighted by Gasteiger charge is 2.32. The first-order valence-corrected chi connectivity index (χ1v) is 9.13. The number of rotatable bonds is 7. The fourth-order valence-electron chi connectivity index (χ4n) is 3.52. The molecule has 0 radical (unpaired) electrons. The van der Waals surface area contributed by atoms with E-state index in [4.69, 9.17) is 0 Å². The van der Waals surface area contributed by atoms with E-state index in [-0.39, 0.29) is 0 Å². The molecule has 1 aromatic heterocycles. The highest BCUT2D eigenvalue weighted by atomic mass is 32.1. The van der Waals surface area contributed by atoms with Gasteiger partial charge in [-0.05, 0) is 55.5 Å². The predicted octanol–water partition coefficient (Wildman–Crippen LogP) is 3.91. The van der Waals surface area contributed by atoms with Crippen molar-refractivity contribution >= 4 is 11.3 Å². The van der Waals surface area contributed by atoms with Crippen LogP contribution in [0.25, 0.3) is 0 Å². The maximum Gasteiger partial charge on any atom is 0.0465 e. The van der Waals surface area contributed by atoms with Crippen LogP contribution in [0.3, 0.4) is 0 Å². The Morgan fingerprint density at radius 3 is 2.70 bits per heavy atom. The molecule has 2 aliphatic rings. The summed E-state index contributed by atoms with van der Waals surface area (Å²) in [5.74, 6) is 1.66. The number of thiophene rings is 1. The Morgan fingerprint density at radius 1 is 1.30 bits per heavy atom. The van der Waals surface area contributed by atoms with E-state index in [2.05, 4.69) is 41.6 Å². The summed E-state index contributed by atoms with van der Waals surface area (Å²) in [4.78, 5) is 4.34. The first-order chi connectivity index (χ1) is 9.74. The zero-order chi connectivity index (χ0) is 13.9. The first-order valence-electron chi connectivity index (χ1n) is 8.25. The quantitative estimate of drug-likeness (QED) is 0.819. The third kappa shape index (κ3) is 3.63. The van der Waals surface area contributed by atoms with Crippen LogP contribution >= 0.6 is 11.3 Å². The van der Waals surface area contributed by atoms with Gasteiger partial charge in [0.05, 0.1) is 0 Å². The SMILES string of the molecule is CC(C)C(c1cccs1)N(CC1CC1)CC1CCCN1. The lowest BCUT2D eigenvalue weighted by Crippen LogP contribution is -2.42. The molecule has 2 atom stereocenters. The molecule has 0 aromatic carbocycles. The molecule has 2 nitrogen and oxygen atoms in total. The minimum absolute atomic E-state index is 0.609. The molecule has 112 valence electrons. The number of hydrogen-bond donors (Lipinski definition) is 1. The molecule has 2 heterocycles. The summed E-state index contributed by atoms with van der Waals surface area (Å²) in [7, 11) is 0. The summed E-state index contributed by atoms with van der Waals surface area (Å²) < 4.78 is 0. The summed E-state index contributed by atoms with van der Waals surface area (Å²) in [6.07, 6.45) is 5.61. The Labute approximate surface area is 127 Å². The molecule has 1 aliphatic carbocycles. The molecular weight excluding hydrogens is 264 g/mol. The molecule has 0 bridgehead atoms. The van der Waals surface area contributed by atoms with Crippen molar-refractivity contribution in [1.29, 1.82) is 0 Å². The standard InChI is InChI=1S/C17H28N2S/c1-13(2)17(16-6-4-10-20-16)19(11-14-7-8-14)12-15-5-3-9-18-15/h4,6,10,13-15,17-18H,3,5,7-9,11-12H2,1-2H3. The molecular formula is C17H28N2S. The van der Waals surface area contributed by atoms with Crippen LogP contribution in [0, 0.1) is 11.8 Å². The maximum absolute atomic E-state index is 3.68. The lowest BCUT2D eigenvalue weighted by atomic mass is 9.99. The van der Waals surface area contributed by atoms with E-state index >= 15 is 0 Å².